The number of likely N-dealkylation sites (tertiary alicyclic amines) is 2. The zero-order chi connectivity index (χ0) is 41.9. The highest BCUT2D eigenvalue weighted by atomic mass is 19.4. The van der Waals surface area contributed by atoms with Gasteiger partial charge in [0, 0.05) is 43.2 Å². The number of carbonyl (C=O) groups is 3. The molecule has 0 spiro atoms. The molecule has 0 bridgehead atoms. The molecule has 7 atom stereocenters. The Hall–Kier alpha value is -4.30. The van der Waals surface area contributed by atoms with Crippen LogP contribution in [0.5, 0.6) is 0 Å². The number of ether oxygens (including phenoxy) is 2. The summed E-state index contributed by atoms with van der Waals surface area (Å²) < 4.78 is 53.1. The fraction of sp³-hybridized carbons (Fsp3) is 0.543. The molecule has 0 radical (unpaired) electrons. The number of hydrogen-bond acceptors (Lipinski definition) is 7. The van der Waals surface area contributed by atoms with Gasteiger partial charge in [-0.05, 0) is 93.0 Å². The van der Waals surface area contributed by atoms with Crippen molar-refractivity contribution in [2.24, 2.45) is 5.92 Å². The fourth-order valence-corrected chi connectivity index (χ4v) is 9.52. The number of fused-ring (bicyclic) bond motifs is 1. The summed E-state index contributed by atoms with van der Waals surface area (Å²) in [5, 5.41) is 15.7. The summed E-state index contributed by atoms with van der Waals surface area (Å²) in [5.41, 5.74) is 4.72. The predicted octanol–water partition coefficient (Wildman–Crippen LogP) is 7.50. The minimum Gasteiger partial charge on any atom is -0.392 e. The van der Waals surface area contributed by atoms with Crippen molar-refractivity contribution in [1.82, 2.24) is 20.4 Å². The van der Waals surface area contributed by atoms with Crippen LogP contribution < -0.4 is 10.6 Å². The quantitative estimate of drug-likeness (QED) is 0.194. The maximum Gasteiger partial charge on any atom is 0.471 e. The molecule has 7 rings (SSSR count). The lowest BCUT2D eigenvalue weighted by atomic mass is 9.75. The summed E-state index contributed by atoms with van der Waals surface area (Å²) >= 11 is 0. The van der Waals surface area contributed by atoms with E-state index in [4.69, 9.17) is 9.47 Å². The maximum absolute atomic E-state index is 13.8. The molecule has 59 heavy (non-hydrogen) atoms. The van der Waals surface area contributed by atoms with Gasteiger partial charge in [0.2, 0.25) is 11.8 Å². The highest BCUT2D eigenvalue weighted by Crippen LogP contribution is 2.42. The second-order valence-corrected chi connectivity index (χ2v) is 17.6. The second kappa shape index (κ2) is 18.1. The van der Waals surface area contributed by atoms with Crippen LogP contribution >= 0.6 is 0 Å². The zero-order valence-corrected chi connectivity index (χ0v) is 34.2. The highest BCUT2D eigenvalue weighted by Gasteiger charge is 2.48. The summed E-state index contributed by atoms with van der Waals surface area (Å²) in [4.78, 5) is 41.9. The topological polar surface area (TPSA) is 120 Å². The molecule has 13 heteroatoms. The largest absolute Gasteiger partial charge is 0.471 e. The van der Waals surface area contributed by atoms with Gasteiger partial charge in [0.25, 0.3) is 0 Å². The number of aliphatic hydroxyl groups is 1. The van der Waals surface area contributed by atoms with E-state index in [2.05, 4.69) is 15.5 Å². The Kier molecular flexibility index (Phi) is 13.2. The minimum absolute atomic E-state index is 0.0559. The van der Waals surface area contributed by atoms with E-state index in [1.807, 2.05) is 93.6 Å². The average Bonchev–Trinajstić information content (AvgIpc) is 3.72. The molecular formula is C46H57F3N4O6. The van der Waals surface area contributed by atoms with Crippen molar-refractivity contribution in [2.45, 2.75) is 140 Å². The fourth-order valence-electron chi connectivity index (χ4n) is 9.52. The number of nitrogens with zero attached hydrogens (tertiary/aromatic N) is 2. The van der Waals surface area contributed by atoms with E-state index in [0.717, 1.165) is 59.1 Å². The first kappa shape index (κ1) is 42.8. The molecule has 1 saturated carbocycles. The maximum atomic E-state index is 13.8. The number of hydrogen-bond donors (Lipinski definition) is 3. The van der Waals surface area contributed by atoms with Gasteiger partial charge in [0.1, 0.15) is 6.04 Å². The second-order valence-electron chi connectivity index (χ2n) is 17.6. The van der Waals surface area contributed by atoms with E-state index in [0.29, 0.717) is 36.2 Å². The molecule has 4 fully saturated rings. The van der Waals surface area contributed by atoms with Crippen molar-refractivity contribution in [3.05, 3.63) is 95.1 Å². The Labute approximate surface area is 344 Å². The van der Waals surface area contributed by atoms with Crippen molar-refractivity contribution in [1.29, 1.82) is 0 Å². The van der Waals surface area contributed by atoms with Crippen molar-refractivity contribution < 1.29 is 42.1 Å². The molecule has 3 heterocycles. The third-order valence-corrected chi connectivity index (χ3v) is 12.4. The van der Waals surface area contributed by atoms with Gasteiger partial charge in [-0.25, -0.2) is 0 Å². The molecule has 3 aliphatic heterocycles. The lowest BCUT2D eigenvalue weighted by molar-refractivity contribution is -0.255. The number of piperidine rings is 1. The van der Waals surface area contributed by atoms with Gasteiger partial charge < -0.3 is 30.1 Å². The van der Waals surface area contributed by atoms with E-state index in [1.54, 1.807) is 0 Å². The number of nitrogens with one attached hydrogen (secondary N) is 2. The number of aliphatic hydroxyl groups excluding tert-OH is 1. The first-order valence-corrected chi connectivity index (χ1v) is 21.1. The van der Waals surface area contributed by atoms with E-state index < -0.39 is 30.3 Å². The number of rotatable bonds is 10. The lowest BCUT2D eigenvalue weighted by Gasteiger charge is -2.50. The molecule has 0 aromatic heterocycles. The molecule has 1 aliphatic carbocycles. The molecular weight excluding hydrogens is 762 g/mol. The number of benzene rings is 3. The van der Waals surface area contributed by atoms with E-state index in [1.165, 1.54) is 12.8 Å². The van der Waals surface area contributed by atoms with Gasteiger partial charge in [0.05, 0.1) is 24.9 Å². The van der Waals surface area contributed by atoms with Gasteiger partial charge in [-0.2, -0.15) is 13.2 Å². The normalized spacial score (nSPS) is 26.6. The number of halogens is 3. The van der Waals surface area contributed by atoms with Gasteiger partial charge in [-0.1, -0.05) is 85.6 Å². The van der Waals surface area contributed by atoms with Gasteiger partial charge in [0.15, 0.2) is 6.29 Å². The summed E-state index contributed by atoms with van der Waals surface area (Å²) in [6, 6.07) is 22.0. The van der Waals surface area contributed by atoms with Crippen LogP contribution in [-0.2, 0) is 37.0 Å². The van der Waals surface area contributed by atoms with Crippen LogP contribution in [0.2, 0.25) is 0 Å². The Morgan fingerprint density at radius 1 is 0.797 bits per heavy atom. The molecule has 3 aromatic carbocycles. The molecule has 4 aliphatic rings. The van der Waals surface area contributed by atoms with Crippen molar-refractivity contribution in [3.63, 3.8) is 0 Å². The first-order chi connectivity index (χ1) is 28.2. The molecule has 3 N–H and O–H groups in total. The number of amides is 3. The van der Waals surface area contributed by atoms with Crippen molar-refractivity contribution >= 4 is 17.7 Å². The van der Waals surface area contributed by atoms with E-state index in [9.17, 15) is 32.7 Å². The predicted molar refractivity (Wildman–Crippen MR) is 216 cm³/mol. The number of carbonyl (C=O) groups excluding carboxylic acids is 3. The van der Waals surface area contributed by atoms with Crippen LogP contribution in [0.4, 0.5) is 13.2 Å². The first-order valence-electron chi connectivity index (χ1n) is 21.1. The molecule has 10 nitrogen and oxygen atoms in total. The Bertz CT molecular complexity index is 1930. The summed E-state index contributed by atoms with van der Waals surface area (Å²) in [6.45, 7) is 6.54. The molecule has 3 saturated heterocycles. The molecule has 0 unspecified atom stereocenters. The Balaban J connectivity index is 1.10. The minimum atomic E-state index is -5.04. The van der Waals surface area contributed by atoms with Crippen molar-refractivity contribution in [2.75, 3.05) is 13.1 Å². The Morgan fingerprint density at radius 3 is 2.22 bits per heavy atom. The summed E-state index contributed by atoms with van der Waals surface area (Å²) in [6.07, 6.45) is 1.26. The third-order valence-electron chi connectivity index (χ3n) is 12.4. The lowest BCUT2D eigenvalue weighted by Crippen LogP contribution is -2.61. The van der Waals surface area contributed by atoms with Crippen LogP contribution in [0, 0.1) is 5.92 Å². The smallest absolute Gasteiger partial charge is 0.392 e. The summed E-state index contributed by atoms with van der Waals surface area (Å²) in [5.74, 6) is -1.99. The van der Waals surface area contributed by atoms with Crippen LogP contribution in [0.3, 0.4) is 0 Å². The van der Waals surface area contributed by atoms with Gasteiger partial charge >= 0.3 is 12.1 Å². The van der Waals surface area contributed by atoms with Crippen LogP contribution in [0.15, 0.2) is 72.8 Å². The third kappa shape index (κ3) is 10.2. The monoisotopic (exact) mass is 818 g/mol. The van der Waals surface area contributed by atoms with Crippen LogP contribution in [-0.4, -0.2) is 81.7 Å². The Morgan fingerprint density at radius 2 is 1.51 bits per heavy atom. The molecule has 318 valence electrons. The molecule has 3 aromatic rings. The average molecular weight is 819 g/mol. The van der Waals surface area contributed by atoms with Crippen molar-refractivity contribution in [3.8, 4) is 11.1 Å². The van der Waals surface area contributed by atoms with Crippen LogP contribution in [0.25, 0.3) is 11.1 Å². The van der Waals surface area contributed by atoms with Gasteiger partial charge in [-0.15, -0.1) is 0 Å². The van der Waals surface area contributed by atoms with Crippen LogP contribution in [0.1, 0.15) is 113 Å². The van der Waals surface area contributed by atoms with Gasteiger partial charge in [-0.3, -0.25) is 19.3 Å². The molecule has 3 amide bonds. The van der Waals surface area contributed by atoms with E-state index >= 15 is 0 Å². The standard InChI is InChI=1S/C46H57F3N4O6/c1-45(2,3)51-42(56)39-23-22-31-9-5-7-12-37(31)53(39)27-35-25-40(32-16-14-29(28-54)15-17-32)59-43(58-35)33-20-18-30(19-21-33)36-11-6-4-10-34(36)26-50-41(55)38-13-8-24-52(38)44(57)46(47,48)49/h4,6,10-11,14-21,31,35,37-40,43,54H,5,7-9,12-13,22-28H2,1-3H3,(H,50,55)(H,51,56)/t31-,35-,37-,38+,39-,40+,43+/m1/s1. The summed E-state index contributed by atoms with van der Waals surface area (Å²) in [7, 11) is 0. The highest BCUT2D eigenvalue weighted by molar-refractivity contribution is 5.90. The SMILES string of the molecule is CC(C)(C)NC(=O)[C@H]1CC[C@H]2CCCC[C@H]2N1C[C@H]1C[C@@H](c2ccc(CO)cc2)O[C@@H](c2ccc(-c3ccccc3CNC(=O)[C@@H]3CCCN3C(=O)C(F)(F)F)cc2)O1. The number of alkyl halides is 3. The van der Waals surface area contributed by atoms with E-state index in [-0.39, 0.29) is 55.8 Å². The zero-order valence-electron chi connectivity index (χ0n) is 34.2.